The standard InChI is InChI=1S/C20H20ClFN2O5S/c1-29-20(26)13-8-10-24(11-9-13)19(25)14-2-7-17(21)18(12-14)30(27,28)23-16-5-3-15(22)4-6-16/h2-7,12-13,23H,8-11H2,1H3. The fourth-order valence-corrected chi connectivity index (χ4v) is 4.82. The molecule has 2 aromatic rings. The van der Waals surface area contributed by atoms with Crippen LogP contribution in [-0.4, -0.2) is 45.4 Å². The fraction of sp³-hybridized carbons (Fsp3) is 0.300. The second-order valence-electron chi connectivity index (χ2n) is 6.85. The maximum atomic E-state index is 13.0. The van der Waals surface area contributed by atoms with E-state index in [0.717, 1.165) is 12.1 Å². The highest BCUT2D eigenvalue weighted by Gasteiger charge is 2.29. The molecule has 1 N–H and O–H groups in total. The SMILES string of the molecule is COC(=O)C1CCN(C(=O)c2ccc(Cl)c(S(=O)(=O)Nc3ccc(F)cc3)c2)CC1. The van der Waals surface area contributed by atoms with Crippen LogP contribution >= 0.6 is 11.6 Å². The molecule has 10 heteroatoms. The first kappa shape index (κ1) is 22.0. The number of rotatable bonds is 5. The summed E-state index contributed by atoms with van der Waals surface area (Å²) in [5, 5.41) is -0.0504. The van der Waals surface area contributed by atoms with Crippen LogP contribution in [0.15, 0.2) is 47.4 Å². The average Bonchev–Trinajstić information content (AvgIpc) is 2.74. The molecule has 1 amide bonds. The number of anilines is 1. The minimum absolute atomic E-state index is 0.0504. The lowest BCUT2D eigenvalue weighted by atomic mass is 9.96. The van der Waals surface area contributed by atoms with Gasteiger partial charge in [0.1, 0.15) is 10.7 Å². The molecule has 30 heavy (non-hydrogen) atoms. The number of nitrogens with one attached hydrogen (secondary N) is 1. The molecule has 0 radical (unpaired) electrons. The second kappa shape index (κ2) is 9.01. The molecule has 0 saturated carbocycles. The van der Waals surface area contributed by atoms with Gasteiger partial charge in [0.2, 0.25) is 0 Å². The Morgan fingerprint density at radius 1 is 1.13 bits per heavy atom. The van der Waals surface area contributed by atoms with Gasteiger partial charge in [-0.2, -0.15) is 0 Å². The van der Waals surface area contributed by atoms with Crippen molar-refractivity contribution >= 4 is 39.2 Å². The summed E-state index contributed by atoms with van der Waals surface area (Å²) in [7, 11) is -2.77. The van der Waals surface area contributed by atoms with Gasteiger partial charge in [0.25, 0.3) is 15.9 Å². The van der Waals surface area contributed by atoms with Gasteiger partial charge in [0.05, 0.1) is 18.1 Å². The third-order valence-electron chi connectivity index (χ3n) is 4.88. The Morgan fingerprint density at radius 2 is 1.77 bits per heavy atom. The Bertz CT molecular complexity index is 1050. The van der Waals surface area contributed by atoms with Crippen molar-refractivity contribution in [2.75, 3.05) is 24.9 Å². The molecular weight excluding hydrogens is 435 g/mol. The van der Waals surface area contributed by atoms with E-state index < -0.39 is 15.8 Å². The van der Waals surface area contributed by atoms with E-state index in [1.54, 1.807) is 4.90 Å². The number of esters is 1. The Labute approximate surface area is 178 Å². The van der Waals surface area contributed by atoms with Gasteiger partial charge < -0.3 is 9.64 Å². The zero-order valence-electron chi connectivity index (χ0n) is 16.1. The number of halogens is 2. The van der Waals surface area contributed by atoms with Crippen LogP contribution in [0.2, 0.25) is 5.02 Å². The third-order valence-corrected chi connectivity index (χ3v) is 6.74. The molecule has 3 rings (SSSR count). The van der Waals surface area contributed by atoms with E-state index in [-0.39, 0.29) is 39.0 Å². The number of ether oxygens (including phenoxy) is 1. The van der Waals surface area contributed by atoms with Gasteiger partial charge in [0, 0.05) is 24.3 Å². The molecular formula is C20H20ClFN2O5S. The zero-order valence-corrected chi connectivity index (χ0v) is 17.7. The first-order valence-electron chi connectivity index (χ1n) is 9.16. The minimum atomic E-state index is -4.10. The van der Waals surface area contributed by atoms with Crippen LogP contribution in [0.1, 0.15) is 23.2 Å². The van der Waals surface area contributed by atoms with Gasteiger partial charge in [-0.15, -0.1) is 0 Å². The number of benzene rings is 2. The smallest absolute Gasteiger partial charge is 0.308 e. The molecule has 1 saturated heterocycles. The Balaban J connectivity index is 1.78. The van der Waals surface area contributed by atoms with Crippen molar-refractivity contribution in [2.24, 2.45) is 5.92 Å². The maximum absolute atomic E-state index is 13.0. The lowest BCUT2D eigenvalue weighted by molar-refractivity contribution is -0.146. The third kappa shape index (κ3) is 4.91. The van der Waals surface area contributed by atoms with Gasteiger partial charge in [-0.1, -0.05) is 11.6 Å². The summed E-state index contributed by atoms with van der Waals surface area (Å²) in [4.78, 5) is 25.8. The van der Waals surface area contributed by atoms with Crippen molar-refractivity contribution in [1.82, 2.24) is 4.90 Å². The number of likely N-dealkylation sites (tertiary alicyclic amines) is 1. The first-order valence-corrected chi connectivity index (χ1v) is 11.0. The highest BCUT2D eigenvalue weighted by molar-refractivity contribution is 7.92. The molecule has 0 aliphatic carbocycles. The van der Waals surface area contributed by atoms with Crippen molar-refractivity contribution < 1.29 is 27.1 Å². The van der Waals surface area contributed by atoms with Crippen molar-refractivity contribution in [3.63, 3.8) is 0 Å². The summed E-state index contributed by atoms with van der Waals surface area (Å²) < 4.78 is 45.6. The topological polar surface area (TPSA) is 92.8 Å². The number of amides is 1. The molecule has 0 spiro atoms. The van der Waals surface area contributed by atoms with Crippen LogP contribution in [0, 0.1) is 11.7 Å². The first-order chi connectivity index (χ1) is 14.2. The van der Waals surface area contributed by atoms with Gasteiger partial charge in [-0.3, -0.25) is 14.3 Å². The molecule has 0 bridgehead atoms. The van der Waals surface area contributed by atoms with Crippen LogP contribution < -0.4 is 4.72 Å². The molecule has 1 fully saturated rings. The van der Waals surface area contributed by atoms with E-state index in [0.29, 0.717) is 25.9 Å². The summed E-state index contributed by atoms with van der Waals surface area (Å²) in [6.07, 6.45) is 0.951. The molecule has 2 aromatic carbocycles. The van der Waals surface area contributed by atoms with Crippen LogP contribution in [0.4, 0.5) is 10.1 Å². The van der Waals surface area contributed by atoms with Crippen LogP contribution in [0.3, 0.4) is 0 Å². The molecule has 0 aromatic heterocycles. The van der Waals surface area contributed by atoms with Crippen LogP contribution in [-0.2, 0) is 19.6 Å². The number of carbonyl (C=O) groups is 2. The van der Waals surface area contributed by atoms with E-state index in [2.05, 4.69) is 4.72 Å². The van der Waals surface area contributed by atoms with E-state index >= 15 is 0 Å². The number of methoxy groups -OCH3 is 1. The summed E-state index contributed by atoms with van der Waals surface area (Å²) in [6, 6.07) is 8.81. The minimum Gasteiger partial charge on any atom is -0.469 e. The van der Waals surface area contributed by atoms with Gasteiger partial charge in [-0.25, -0.2) is 12.8 Å². The number of hydrogen-bond donors (Lipinski definition) is 1. The number of nitrogens with zero attached hydrogens (tertiary/aromatic N) is 1. The number of hydrogen-bond acceptors (Lipinski definition) is 5. The lowest BCUT2D eigenvalue weighted by Gasteiger charge is -2.30. The molecule has 0 atom stereocenters. The van der Waals surface area contributed by atoms with Crippen molar-refractivity contribution in [3.8, 4) is 0 Å². The Morgan fingerprint density at radius 3 is 2.37 bits per heavy atom. The van der Waals surface area contributed by atoms with Crippen molar-refractivity contribution in [3.05, 3.63) is 58.9 Å². The highest BCUT2D eigenvalue weighted by atomic mass is 35.5. The molecule has 160 valence electrons. The average molecular weight is 455 g/mol. The number of carbonyl (C=O) groups excluding carboxylic acids is 2. The Kier molecular flexibility index (Phi) is 6.62. The van der Waals surface area contributed by atoms with Crippen molar-refractivity contribution in [1.29, 1.82) is 0 Å². The molecule has 7 nitrogen and oxygen atoms in total. The van der Waals surface area contributed by atoms with Gasteiger partial charge >= 0.3 is 5.97 Å². The zero-order chi connectivity index (χ0) is 21.9. The van der Waals surface area contributed by atoms with E-state index in [1.165, 1.54) is 37.4 Å². The highest BCUT2D eigenvalue weighted by Crippen LogP contribution is 2.27. The van der Waals surface area contributed by atoms with E-state index in [9.17, 15) is 22.4 Å². The largest absolute Gasteiger partial charge is 0.469 e. The van der Waals surface area contributed by atoms with E-state index in [4.69, 9.17) is 16.3 Å². The van der Waals surface area contributed by atoms with Crippen molar-refractivity contribution in [2.45, 2.75) is 17.7 Å². The molecule has 1 aliphatic rings. The second-order valence-corrected chi connectivity index (χ2v) is 8.91. The fourth-order valence-electron chi connectivity index (χ4n) is 3.24. The summed E-state index contributed by atoms with van der Waals surface area (Å²) in [5.41, 5.74) is 0.324. The predicted molar refractivity (Wildman–Crippen MR) is 109 cm³/mol. The number of piperidine rings is 1. The maximum Gasteiger partial charge on any atom is 0.308 e. The van der Waals surface area contributed by atoms with Gasteiger partial charge in [-0.05, 0) is 55.3 Å². The van der Waals surface area contributed by atoms with E-state index in [1.807, 2.05) is 0 Å². The summed E-state index contributed by atoms with van der Waals surface area (Å²) >= 11 is 6.08. The normalized spacial score (nSPS) is 15.0. The summed E-state index contributed by atoms with van der Waals surface area (Å²) in [6.45, 7) is 0.717. The molecule has 1 heterocycles. The van der Waals surface area contributed by atoms with Gasteiger partial charge in [0.15, 0.2) is 0 Å². The predicted octanol–water partition coefficient (Wildman–Crippen LogP) is 3.31. The van der Waals surface area contributed by atoms with Crippen LogP contribution in [0.25, 0.3) is 0 Å². The summed E-state index contributed by atoms with van der Waals surface area (Å²) in [5.74, 6) is -1.40. The number of sulfonamides is 1. The molecule has 1 aliphatic heterocycles. The monoisotopic (exact) mass is 454 g/mol. The lowest BCUT2D eigenvalue weighted by Crippen LogP contribution is -2.40. The molecule has 0 unspecified atom stereocenters. The van der Waals surface area contributed by atoms with Crippen LogP contribution in [0.5, 0.6) is 0 Å². The Hall–Kier alpha value is -2.65. The quantitative estimate of drug-likeness (QED) is 0.700.